The molecule has 1 heterocycles. The third kappa shape index (κ3) is 3.44. The van der Waals surface area contributed by atoms with Crippen LogP contribution in [0.15, 0.2) is 42.7 Å². The van der Waals surface area contributed by atoms with Crippen molar-refractivity contribution in [1.29, 1.82) is 0 Å². The number of benzene rings is 1. The largest absolute Gasteiger partial charge is 0.481 e. The van der Waals surface area contributed by atoms with Gasteiger partial charge < -0.3 is 10.4 Å². The second-order valence-corrected chi connectivity index (χ2v) is 4.44. The van der Waals surface area contributed by atoms with Gasteiger partial charge in [0.2, 0.25) is 0 Å². The lowest BCUT2D eigenvalue weighted by Gasteiger charge is -2.16. The Morgan fingerprint density at radius 1 is 1.35 bits per heavy atom. The quantitative estimate of drug-likeness (QED) is 0.861. The Bertz CT molecular complexity index is 607. The van der Waals surface area contributed by atoms with Crippen molar-refractivity contribution >= 4 is 11.9 Å². The van der Waals surface area contributed by atoms with E-state index in [0.29, 0.717) is 5.56 Å². The van der Waals surface area contributed by atoms with E-state index in [2.05, 4.69) is 10.4 Å². The van der Waals surface area contributed by atoms with Crippen molar-refractivity contribution in [1.82, 2.24) is 15.1 Å². The lowest BCUT2D eigenvalue weighted by atomic mass is 10.0. The third-order valence-electron chi connectivity index (χ3n) is 2.85. The zero-order chi connectivity index (χ0) is 14.5. The molecule has 0 bridgehead atoms. The van der Waals surface area contributed by atoms with E-state index in [-0.39, 0.29) is 12.3 Å². The summed E-state index contributed by atoms with van der Waals surface area (Å²) < 4.78 is 1.52. The number of carbonyl (C=O) groups excluding carboxylic acids is 1. The summed E-state index contributed by atoms with van der Waals surface area (Å²) in [6, 6.07) is 8.46. The molecule has 0 aliphatic carbocycles. The van der Waals surface area contributed by atoms with Gasteiger partial charge in [0.05, 0.1) is 24.2 Å². The van der Waals surface area contributed by atoms with Crippen molar-refractivity contribution in [2.45, 2.75) is 12.5 Å². The van der Waals surface area contributed by atoms with Gasteiger partial charge in [-0.25, -0.2) is 0 Å². The van der Waals surface area contributed by atoms with Crippen molar-refractivity contribution in [2.24, 2.45) is 7.05 Å². The van der Waals surface area contributed by atoms with Gasteiger partial charge in [0.1, 0.15) is 0 Å². The first-order chi connectivity index (χ1) is 9.56. The molecule has 6 nitrogen and oxygen atoms in total. The molecule has 0 aliphatic rings. The molecule has 1 aromatic carbocycles. The van der Waals surface area contributed by atoms with Crippen molar-refractivity contribution < 1.29 is 14.7 Å². The van der Waals surface area contributed by atoms with Gasteiger partial charge in [0.25, 0.3) is 5.91 Å². The maximum absolute atomic E-state index is 12.1. The highest BCUT2D eigenvalue weighted by atomic mass is 16.4. The lowest BCUT2D eigenvalue weighted by Crippen LogP contribution is -2.30. The summed E-state index contributed by atoms with van der Waals surface area (Å²) in [5, 5.41) is 15.6. The Morgan fingerprint density at radius 2 is 2.05 bits per heavy atom. The zero-order valence-electron chi connectivity index (χ0n) is 11.0. The Morgan fingerprint density at radius 3 is 2.60 bits per heavy atom. The van der Waals surface area contributed by atoms with E-state index in [9.17, 15) is 9.59 Å². The van der Waals surface area contributed by atoms with E-state index in [0.717, 1.165) is 5.56 Å². The molecule has 2 aromatic rings. The number of aromatic nitrogens is 2. The van der Waals surface area contributed by atoms with Crippen LogP contribution < -0.4 is 5.32 Å². The van der Waals surface area contributed by atoms with Crippen LogP contribution in [-0.4, -0.2) is 26.8 Å². The SMILES string of the molecule is Cn1cc(C(=O)NC(CC(=O)O)c2ccccc2)cn1. The molecule has 1 amide bonds. The van der Waals surface area contributed by atoms with Gasteiger partial charge in [-0.3, -0.25) is 14.3 Å². The first-order valence-electron chi connectivity index (χ1n) is 6.12. The van der Waals surface area contributed by atoms with Crippen molar-refractivity contribution in [3.8, 4) is 0 Å². The molecule has 1 unspecified atom stereocenters. The molecule has 0 saturated carbocycles. The topological polar surface area (TPSA) is 84.2 Å². The Hall–Kier alpha value is -2.63. The number of rotatable bonds is 5. The number of nitrogens with zero attached hydrogens (tertiary/aromatic N) is 2. The molecule has 0 spiro atoms. The summed E-state index contributed by atoms with van der Waals surface area (Å²) in [4.78, 5) is 23.0. The number of amides is 1. The van der Waals surface area contributed by atoms with Crippen LogP contribution in [0.5, 0.6) is 0 Å². The molecular formula is C14H15N3O3. The number of nitrogens with one attached hydrogen (secondary N) is 1. The molecule has 6 heteroatoms. The summed E-state index contributed by atoms with van der Waals surface area (Å²) >= 11 is 0. The molecular weight excluding hydrogens is 258 g/mol. The second-order valence-electron chi connectivity index (χ2n) is 4.44. The molecule has 20 heavy (non-hydrogen) atoms. The zero-order valence-corrected chi connectivity index (χ0v) is 11.0. The molecule has 104 valence electrons. The monoisotopic (exact) mass is 273 g/mol. The first-order valence-corrected chi connectivity index (χ1v) is 6.12. The number of hydrogen-bond donors (Lipinski definition) is 2. The predicted octanol–water partition coefficient (Wildman–Crippen LogP) is 1.37. The molecule has 2 rings (SSSR count). The van der Waals surface area contributed by atoms with Gasteiger partial charge in [-0.15, -0.1) is 0 Å². The highest BCUT2D eigenvalue weighted by molar-refractivity contribution is 5.94. The number of aliphatic carboxylic acids is 1. The second kappa shape index (κ2) is 6.01. The number of aryl methyl sites for hydroxylation is 1. The van der Waals surface area contributed by atoms with Crippen LogP contribution in [0.2, 0.25) is 0 Å². The number of hydrogen-bond acceptors (Lipinski definition) is 3. The Balaban J connectivity index is 2.16. The fraction of sp³-hybridized carbons (Fsp3) is 0.214. The molecule has 0 aliphatic heterocycles. The standard InChI is InChI=1S/C14H15N3O3/c1-17-9-11(8-15-17)14(20)16-12(7-13(18)19)10-5-3-2-4-6-10/h2-6,8-9,12H,7H2,1H3,(H,16,20)(H,18,19). The van der Waals surface area contributed by atoms with Crippen LogP contribution >= 0.6 is 0 Å². The summed E-state index contributed by atoms with van der Waals surface area (Å²) in [6.45, 7) is 0. The lowest BCUT2D eigenvalue weighted by molar-refractivity contribution is -0.137. The molecule has 1 aromatic heterocycles. The van der Waals surface area contributed by atoms with E-state index in [1.807, 2.05) is 6.07 Å². The Kier molecular flexibility index (Phi) is 4.14. The van der Waals surface area contributed by atoms with Crippen molar-refractivity contribution in [3.05, 3.63) is 53.9 Å². The summed E-state index contributed by atoms with van der Waals surface area (Å²) in [7, 11) is 1.71. The minimum Gasteiger partial charge on any atom is -0.481 e. The smallest absolute Gasteiger partial charge is 0.305 e. The van der Waals surface area contributed by atoms with Crippen LogP contribution in [0, 0.1) is 0 Å². The molecule has 0 radical (unpaired) electrons. The predicted molar refractivity (Wildman–Crippen MR) is 72.1 cm³/mol. The van der Waals surface area contributed by atoms with Gasteiger partial charge in [0.15, 0.2) is 0 Å². The fourth-order valence-electron chi connectivity index (χ4n) is 1.89. The van der Waals surface area contributed by atoms with E-state index < -0.39 is 12.0 Å². The number of carbonyl (C=O) groups is 2. The van der Waals surface area contributed by atoms with Gasteiger partial charge in [-0.05, 0) is 5.56 Å². The molecule has 2 N–H and O–H groups in total. The third-order valence-corrected chi connectivity index (χ3v) is 2.85. The van der Waals surface area contributed by atoms with Crippen LogP contribution in [0.1, 0.15) is 28.4 Å². The summed E-state index contributed by atoms with van der Waals surface area (Å²) in [5.41, 5.74) is 1.16. The van der Waals surface area contributed by atoms with E-state index >= 15 is 0 Å². The average Bonchev–Trinajstić information content (AvgIpc) is 2.85. The van der Waals surface area contributed by atoms with E-state index in [1.54, 1.807) is 37.5 Å². The maximum atomic E-state index is 12.1. The first kappa shape index (κ1) is 13.8. The van der Waals surface area contributed by atoms with Crippen LogP contribution in [0.4, 0.5) is 0 Å². The fourth-order valence-corrected chi connectivity index (χ4v) is 1.89. The minimum atomic E-state index is -0.967. The molecule has 0 saturated heterocycles. The van der Waals surface area contributed by atoms with Crippen molar-refractivity contribution in [2.75, 3.05) is 0 Å². The van der Waals surface area contributed by atoms with Gasteiger partial charge >= 0.3 is 5.97 Å². The van der Waals surface area contributed by atoms with Crippen LogP contribution in [0.25, 0.3) is 0 Å². The van der Waals surface area contributed by atoms with Gasteiger partial charge in [-0.2, -0.15) is 5.10 Å². The maximum Gasteiger partial charge on any atom is 0.305 e. The molecule has 0 fully saturated rings. The minimum absolute atomic E-state index is 0.171. The highest BCUT2D eigenvalue weighted by Crippen LogP contribution is 2.17. The van der Waals surface area contributed by atoms with Gasteiger partial charge in [-0.1, -0.05) is 30.3 Å². The van der Waals surface area contributed by atoms with Gasteiger partial charge in [0, 0.05) is 13.2 Å². The van der Waals surface area contributed by atoms with Crippen LogP contribution in [0.3, 0.4) is 0 Å². The summed E-state index contributed by atoms with van der Waals surface area (Å²) in [6.07, 6.45) is 2.85. The Labute approximate surface area is 116 Å². The van der Waals surface area contributed by atoms with Crippen molar-refractivity contribution in [3.63, 3.8) is 0 Å². The van der Waals surface area contributed by atoms with E-state index in [1.165, 1.54) is 10.9 Å². The molecule has 1 atom stereocenters. The normalized spacial score (nSPS) is 11.8. The summed E-state index contributed by atoms with van der Waals surface area (Å²) in [5.74, 6) is -1.31. The number of carboxylic acids is 1. The highest BCUT2D eigenvalue weighted by Gasteiger charge is 2.19. The van der Waals surface area contributed by atoms with Crippen LogP contribution in [-0.2, 0) is 11.8 Å². The average molecular weight is 273 g/mol. The number of carboxylic acid groups (broad SMARTS) is 1. The van der Waals surface area contributed by atoms with E-state index in [4.69, 9.17) is 5.11 Å².